The summed E-state index contributed by atoms with van der Waals surface area (Å²) in [5.41, 5.74) is 10.9. The highest BCUT2D eigenvalue weighted by Crippen LogP contribution is 2.24. The molecule has 2 aromatic carbocycles. The third-order valence-electron chi connectivity index (χ3n) is 2.84. The molecular formula is C15H18N2O. The van der Waals surface area contributed by atoms with Crippen LogP contribution < -0.4 is 11.1 Å². The van der Waals surface area contributed by atoms with Gasteiger partial charge in [0.25, 0.3) is 0 Å². The fourth-order valence-electron chi connectivity index (χ4n) is 1.82. The number of hydrogen-bond donors (Lipinski definition) is 3. The minimum atomic E-state index is 0.178. The Hall–Kier alpha value is -2.00. The Kier molecular flexibility index (Phi) is 3.85. The van der Waals surface area contributed by atoms with Crippen LogP contribution in [0.3, 0.4) is 0 Å². The Morgan fingerprint density at radius 3 is 2.50 bits per heavy atom. The fraction of sp³-hybridized carbons (Fsp3) is 0.200. The second-order valence-electron chi connectivity index (χ2n) is 4.39. The first kappa shape index (κ1) is 12.5. The van der Waals surface area contributed by atoms with Crippen molar-refractivity contribution >= 4 is 17.1 Å². The molecule has 0 unspecified atom stereocenters. The van der Waals surface area contributed by atoms with Crippen LogP contribution in [0.2, 0.25) is 0 Å². The molecule has 2 rings (SSSR count). The second-order valence-corrected chi connectivity index (χ2v) is 4.39. The van der Waals surface area contributed by atoms with Gasteiger partial charge < -0.3 is 16.2 Å². The van der Waals surface area contributed by atoms with E-state index in [-0.39, 0.29) is 6.61 Å². The molecule has 0 aromatic heterocycles. The Morgan fingerprint density at radius 1 is 1.11 bits per heavy atom. The lowest BCUT2D eigenvalue weighted by atomic mass is 10.1. The van der Waals surface area contributed by atoms with E-state index in [1.165, 1.54) is 5.56 Å². The highest BCUT2D eigenvalue weighted by atomic mass is 16.2. The third kappa shape index (κ3) is 3.02. The first-order valence-electron chi connectivity index (χ1n) is 6.02. The van der Waals surface area contributed by atoms with Crippen LogP contribution in [0, 0.1) is 6.92 Å². The summed E-state index contributed by atoms with van der Waals surface area (Å²) >= 11 is 0. The molecule has 0 fully saturated rings. The molecular weight excluding hydrogens is 224 g/mol. The number of aryl methyl sites for hydroxylation is 1. The van der Waals surface area contributed by atoms with E-state index < -0.39 is 0 Å². The van der Waals surface area contributed by atoms with Gasteiger partial charge in [-0.3, -0.25) is 0 Å². The van der Waals surface area contributed by atoms with Crippen molar-refractivity contribution in [1.82, 2.24) is 0 Å². The smallest absolute Gasteiger partial charge is 0.0620 e. The molecule has 94 valence electrons. The first-order valence-corrected chi connectivity index (χ1v) is 6.02. The van der Waals surface area contributed by atoms with Crippen LogP contribution in [0.25, 0.3) is 0 Å². The van der Waals surface area contributed by atoms with Crippen molar-refractivity contribution in [2.75, 3.05) is 17.7 Å². The van der Waals surface area contributed by atoms with Crippen LogP contribution in [0.15, 0.2) is 42.5 Å². The maximum absolute atomic E-state index is 8.86. The zero-order valence-electron chi connectivity index (χ0n) is 10.5. The summed E-state index contributed by atoms with van der Waals surface area (Å²) in [6, 6.07) is 13.9. The summed E-state index contributed by atoms with van der Waals surface area (Å²) in [6.07, 6.45) is 0.687. The van der Waals surface area contributed by atoms with Gasteiger partial charge in [0.1, 0.15) is 0 Å². The Bertz CT molecular complexity index is 521. The normalized spacial score (nSPS) is 10.3. The topological polar surface area (TPSA) is 58.3 Å². The lowest BCUT2D eigenvalue weighted by molar-refractivity contribution is 0.299. The number of nitrogens with one attached hydrogen (secondary N) is 1. The summed E-state index contributed by atoms with van der Waals surface area (Å²) in [5.74, 6) is 0. The van der Waals surface area contributed by atoms with E-state index in [9.17, 15) is 0 Å². The van der Waals surface area contributed by atoms with Crippen LogP contribution in [-0.2, 0) is 6.42 Å². The molecule has 0 saturated heterocycles. The highest BCUT2D eigenvalue weighted by molar-refractivity contribution is 5.73. The van der Waals surface area contributed by atoms with Gasteiger partial charge in [-0.15, -0.1) is 0 Å². The van der Waals surface area contributed by atoms with Crippen molar-refractivity contribution in [1.29, 1.82) is 0 Å². The summed E-state index contributed by atoms with van der Waals surface area (Å²) < 4.78 is 0. The van der Waals surface area contributed by atoms with Gasteiger partial charge in [-0.25, -0.2) is 0 Å². The number of anilines is 3. The maximum Gasteiger partial charge on any atom is 0.0620 e. The average Bonchev–Trinajstić information content (AvgIpc) is 2.37. The molecule has 0 spiro atoms. The van der Waals surface area contributed by atoms with Crippen molar-refractivity contribution in [2.45, 2.75) is 13.3 Å². The number of rotatable bonds is 4. The van der Waals surface area contributed by atoms with Crippen LogP contribution in [0.5, 0.6) is 0 Å². The Labute approximate surface area is 107 Å². The molecule has 0 bridgehead atoms. The number of nitrogen functional groups attached to an aromatic ring is 1. The molecule has 0 saturated carbocycles. The summed E-state index contributed by atoms with van der Waals surface area (Å²) in [4.78, 5) is 0. The van der Waals surface area contributed by atoms with Crippen molar-refractivity contribution in [2.24, 2.45) is 0 Å². The lowest BCUT2D eigenvalue weighted by Crippen LogP contribution is -1.97. The molecule has 0 atom stereocenters. The van der Waals surface area contributed by atoms with Crippen LogP contribution in [0.4, 0.5) is 17.1 Å². The Morgan fingerprint density at radius 2 is 1.83 bits per heavy atom. The van der Waals surface area contributed by atoms with Gasteiger partial charge in [-0.2, -0.15) is 0 Å². The van der Waals surface area contributed by atoms with E-state index in [1.54, 1.807) is 0 Å². The largest absolute Gasteiger partial charge is 0.397 e. The number of nitrogens with two attached hydrogens (primary N) is 1. The molecule has 0 amide bonds. The SMILES string of the molecule is Cc1ccc(N)c(Nc2ccc(CCO)cc2)c1. The monoisotopic (exact) mass is 242 g/mol. The minimum Gasteiger partial charge on any atom is -0.397 e. The molecule has 0 aliphatic carbocycles. The molecule has 0 aliphatic rings. The summed E-state index contributed by atoms with van der Waals surface area (Å²) in [7, 11) is 0. The van der Waals surface area contributed by atoms with Crippen LogP contribution >= 0.6 is 0 Å². The zero-order valence-corrected chi connectivity index (χ0v) is 10.5. The van der Waals surface area contributed by atoms with E-state index in [4.69, 9.17) is 10.8 Å². The fourth-order valence-corrected chi connectivity index (χ4v) is 1.82. The molecule has 2 aromatic rings. The van der Waals surface area contributed by atoms with Gasteiger partial charge in [-0.05, 0) is 48.7 Å². The average molecular weight is 242 g/mol. The third-order valence-corrected chi connectivity index (χ3v) is 2.84. The standard InChI is InChI=1S/C15H18N2O/c1-11-2-7-14(16)15(10-11)17-13-5-3-12(4-6-13)8-9-18/h2-7,10,17-18H,8-9,16H2,1H3. The molecule has 0 heterocycles. The molecule has 0 radical (unpaired) electrons. The van der Waals surface area contributed by atoms with Crippen molar-refractivity contribution in [3.8, 4) is 0 Å². The van der Waals surface area contributed by atoms with Gasteiger partial charge in [0.2, 0.25) is 0 Å². The van der Waals surface area contributed by atoms with Crippen molar-refractivity contribution in [3.05, 3.63) is 53.6 Å². The van der Waals surface area contributed by atoms with E-state index in [1.807, 2.05) is 49.4 Å². The maximum atomic E-state index is 8.86. The van der Waals surface area contributed by atoms with Gasteiger partial charge >= 0.3 is 0 Å². The van der Waals surface area contributed by atoms with E-state index in [0.29, 0.717) is 6.42 Å². The predicted octanol–water partition coefficient (Wildman–Crippen LogP) is 2.86. The van der Waals surface area contributed by atoms with Crippen molar-refractivity contribution < 1.29 is 5.11 Å². The molecule has 18 heavy (non-hydrogen) atoms. The van der Waals surface area contributed by atoms with E-state index in [0.717, 1.165) is 22.6 Å². The van der Waals surface area contributed by atoms with E-state index >= 15 is 0 Å². The van der Waals surface area contributed by atoms with Crippen LogP contribution in [-0.4, -0.2) is 11.7 Å². The number of aliphatic hydroxyl groups excluding tert-OH is 1. The molecule has 3 heteroatoms. The number of aliphatic hydroxyl groups is 1. The second kappa shape index (κ2) is 5.56. The zero-order chi connectivity index (χ0) is 13.0. The first-order chi connectivity index (χ1) is 8.69. The summed E-state index contributed by atoms with van der Waals surface area (Å²) in [5, 5.41) is 12.2. The van der Waals surface area contributed by atoms with Gasteiger partial charge in [-0.1, -0.05) is 18.2 Å². The molecule has 3 nitrogen and oxygen atoms in total. The van der Waals surface area contributed by atoms with Crippen LogP contribution in [0.1, 0.15) is 11.1 Å². The van der Waals surface area contributed by atoms with E-state index in [2.05, 4.69) is 5.32 Å². The molecule has 0 aliphatic heterocycles. The van der Waals surface area contributed by atoms with Gasteiger partial charge in [0.05, 0.1) is 11.4 Å². The van der Waals surface area contributed by atoms with Gasteiger partial charge in [0, 0.05) is 12.3 Å². The predicted molar refractivity (Wildman–Crippen MR) is 76.1 cm³/mol. The number of hydrogen-bond acceptors (Lipinski definition) is 3. The van der Waals surface area contributed by atoms with Crippen molar-refractivity contribution in [3.63, 3.8) is 0 Å². The lowest BCUT2D eigenvalue weighted by Gasteiger charge is -2.10. The summed E-state index contributed by atoms with van der Waals surface area (Å²) in [6.45, 7) is 2.21. The number of benzene rings is 2. The highest BCUT2D eigenvalue weighted by Gasteiger charge is 2.00. The molecule has 4 N–H and O–H groups in total. The minimum absolute atomic E-state index is 0.178. The Balaban J connectivity index is 2.15. The van der Waals surface area contributed by atoms with Gasteiger partial charge in [0.15, 0.2) is 0 Å². The quantitative estimate of drug-likeness (QED) is 0.722.